The Bertz CT molecular complexity index is 912. The smallest absolute Gasteiger partial charge is 0.282 e. The maximum atomic E-state index is 13.1. The second-order valence-electron chi connectivity index (χ2n) is 7.97. The number of rotatable bonds is 6. The second-order valence-corrected chi connectivity index (χ2v) is 10.0. The summed E-state index contributed by atoms with van der Waals surface area (Å²) in [6, 6.07) is 9.43. The van der Waals surface area contributed by atoms with Crippen LogP contribution in [0.3, 0.4) is 0 Å². The van der Waals surface area contributed by atoms with Gasteiger partial charge in [0.25, 0.3) is 10.2 Å². The minimum absolute atomic E-state index is 0.155. The van der Waals surface area contributed by atoms with Crippen LogP contribution in [0.15, 0.2) is 48.9 Å². The van der Waals surface area contributed by atoms with E-state index in [1.165, 1.54) is 4.31 Å². The van der Waals surface area contributed by atoms with Crippen molar-refractivity contribution < 1.29 is 13.5 Å². The Morgan fingerprint density at radius 3 is 2.59 bits per heavy atom. The van der Waals surface area contributed by atoms with Crippen LogP contribution in [0.1, 0.15) is 18.4 Å². The SMILES string of the molecule is CN(Cc1ccccc1)S(=O)(=O)N1C[C@H]2C[C@@H](Nc3cnccn3)[C@H](O)C[C@H]2C1. The first-order valence-electron chi connectivity index (χ1n) is 9.89. The molecule has 0 amide bonds. The molecule has 4 atom stereocenters. The summed E-state index contributed by atoms with van der Waals surface area (Å²) in [4.78, 5) is 8.25. The highest BCUT2D eigenvalue weighted by Crippen LogP contribution is 2.38. The van der Waals surface area contributed by atoms with Crippen molar-refractivity contribution >= 4 is 16.0 Å². The van der Waals surface area contributed by atoms with E-state index in [1.54, 1.807) is 29.9 Å². The third-order valence-electron chi connectivity index (χ3n) is 5.97. The molecule has 1 aliphatic carbocycles. The first kappa shape index (κ1) is 20.2. The van der Waals surface area contributed by atoms with Crippen LogP contribution in [0.2, 0.25) is 0 Å². The van der Waals surface area contributed by atoms with Crippen molar-refractivity contribution in [2.24, 2.45) is 11.8 Å². The molecule has 0 spiro atoms. The highest BCUT2D eigenvalue weighted by atomic mass is 32.2. The van der Waals surface area contributed by atoms with Gasteiger partial charge < -0.3 is 10.4 Å². The monoisotopic (exact) mass is 417 g/mol. The Morgan fingerprint density at radius 1 is 1.17 bits per heavy atom. The molecule has 156 valence electrons. The number of hydrogen-bond acceptors (Lipinski definition) is 6. The number of aliphatic hydroxyl groups excluding tert-OH is 1. The summed E-state index contributed by atoms with van der Waals surface area (Å²) in [5.41, 5.74) is 0.957. The summed E-state index contributed by atoms with van der Waals surface area (Å²) in [7, 11) is -1.92. The molecule has 0 unspecified atom stereocenters. The molecule has 1 aromatic carbocycles. The minimum Gasteiger partial charge on any atom is -0.391 e. The van der Waals surface area contributed by atoms with Crippen LogP contribution in [0.5, 0.6) is 0 Å². The Labute approximate surface area is 171 Å². The third-order valence-corrected chi connectivity index (χ3v) is 7.84. The molecule has 1 aliphatic heterocycles. The number of benzene rings is 1. The van der Waals surface area contributed by atoms with E-state index < -0.39 is 16.3 Å². The van der Waals surface area contributed by atoms with E-state index in [1.807, 2.05) is 30.3 Å². The van der Waals surface area contributed by atoms with Gasteiger partial charge in [0, 0.05) is 39.1 Å². The lowest BCUT2D eigenvalue weighted by molar-refractivity contribution is 0.0736. The average molecular weight is 418 g/mol. The molecule has 2 N–H and O–H groups in total. The quantitative estimate of drug-likeness (QED) is 0.736. The molecular formula is C20H27N5O3S. The number of aromatic nitrogens is 2. The first-order valence-corrected chi connectivity index (χ1v) is 11.3. The Hall–Kier alpha value is -2.07. The van der Waals surface area contributed by atoms with Crippen LogP contribution in [0.4, 0.5) is 5.82 Å². The molecule has 1 aromatic heterocycles. The van der Waals surface area contributed by atoms with Gasteiger partial charge in [-0.2, -0.15) is 17.0 Å². The van der Waals surface area contributed by atoms with Crippen LogP contribution >= 0.6 is 0 Å². The van der Waals surface area contributed by atoms with Crippen LogP contribution in [0, 0.1) is 11.8 Å². The van der Waals surface area contributed by atoms with Crippen molar-refractivity contribution in [1.82, 2.24) is 18.6 Å². The molecule has 4 rings (SSSR count). The summed E-state index contributed by atoms with van der Waals surface area (Å²) in [5, 5.41) is 13.8. The molecule has 0 bridgehead atoms. The number of fused-ring (bicyclic) bond motifs is 1. The molecule has 2 fully saturated rings. The lowest BCUT2D eigenvalue weighted by atomic mass is 9.77. The maximum absolute atomic E-state index is 13.1. The van der Waals surface area contributed by atoms with Crippen molar-refractivity contribution in [3.05, 3.63) is 54.5 Å². The predicted molar refractivity (Wildman–Crippen MR) is 110 cm³/mol. The summed E-state index contributed by atoms with van der Waals surface area (Å²) in [6.45, 7) is 1.28. The van der Waals surface area contributed by atoms with Crippen molar-refractivity contribution in [2.75, 3.05) is 25.5 Å². The lowest BCUT2D eigenvalue weighted by Crippen LogP contribution is -2.43. The Kier molecular flexibility index (Phi) is 5.82. The van der Waals surface area contributed by atoms with Crippen molar-refractivity contribution in [3.63, 3.8) is 0 Å². The van der Waals surface area contributed by atoms with Crippen LogP contribution in [-0.2, 0) is 16.8 Å². The minimum atomic E-state index is -3.55. The van der Waals surface area contributed by atoms with Crippen molar-refractivity contribution in [3.8, 4) is 0 Å². The predicted octanol–water partition coefficient (Wildman–Crippen LogP) is 1.34. The third kappa shape index (κ3) is 4.42. The number of nitrogens with zero attached hydrogens (tertiary/aromatic N) is 4. The summed E-state index contributed by atoms with van der Waals surface area (Å²) >= 11 is 0. The maximum Gasteiger partial charge on any atom is 0.282 e. The van der Waals surface area contributed by atoms with Crippen LogP contribution in [0.25, 0.3) is 0 Å². The fourth-order valence-electron chi connectivity index (χ4n) is 4.41. The molecule has 29 heavy (non-hydrogen) atoms. The molecule has 1 saturated carbocycles. The average Bonchev–Trinajstić information content (AvgIpc) is 3.13. The van der Waals surface area contributed by atoms with Gasteiger partial charge in [-0.3, -0.25) is 4.98 Å². The number of nitrogens with one attached hydrogen (secondary N) is 1. The highest BCUT2D eigenvalue weighted by molar-refractivity contribution is 7.86. The van der Waals surface area contributed by atoms with E-state index in [9.17, 15) is 13.5 Å². The summed E-state index contributed by atoms with van der Waals surface area (Å²) in [6.07, 6.45) is 5.58. The molecule has 2 heterocycles. The number of anilines is 1. The van der Waals surface area contributed by atoms with Gasteiger partial charge in [0.15, 0.2) is 0 Å². The second kappa shape index (κ2) is 8.35. The normalized spacial score (nSPS) is 27.7. The Balaban J connectivity index is 1.41. The summed E-state index contributed by atoms with van der Waals surface area (Å²) < 4.78 is 29.2. The molecular weight excluding hydrogens is 390 g/mol. The summed E-state index contributed by atoms with van der Waals surface area (Å²) in [5.74, 6) is 1.01. The topological polar surface area (TPSA) is 98.7 Å². The first-order chi connectivity index (χ1) is 13.9. The zero-order valence-electron chi connectivity index (χ0n) is 16.4. The largest absolute Gasteiger partial charge is 0.391 e. The molecule has 8 nitrogen and oxygen atoms in total. The van der Waals surface area contributed by atoms with Gasteiger partial charge in [-0.1, -0.05) is 30.3 Å². The molecule has 9 heteroatoms. The zero-order valence-corrected chi connectivity index (χ0v) is 17.2. The van der Waals surface area contributed by atoms with E-state index in [2.05, 4.69) is 15.3 Å². The number of hydrogen-bond donors (Lipinski definition) is 2. The van der Waals surface area contributed by atoms with E-state index in [0.29, 0.717) is 38.3 Å². The molecule has 2 aliphatic rings. The Morgan fingerprint density at radius 2 is 1.90 bits per heavy atom. The molecule has 0 radical (unpaired) electrons. The van der Waals surface area contributed by atoms with Crippen molar-refractivity contribution in [2.45, 2.75) is 31.5 Å². The highest BCUT2D eigenvalue weighted by Gasteiger charge is 2.45. The van der Waals surface area contributed by atoms with Crippen molar-refractivity contribution in [1.29, 1.82) is 0 Å². The van der Waals surface area contributed by atoms with Gasteiger partial charge >= 0.3 is 0 Å². The van der Waals surface area contributed by atoms with E-state index >= 15 is 0 Å². The fourth-order valence-corrected chi connectivity index (χ4v) is 5.88. The fraction of sp³-hybridized carbons (Fsp3) is 0.500. The van der Waals surface area contributed by atoms with Gasteiger partial charge in [0.2, 0.25) is 0 Å². The van der Waals surface area contributed by atoms with Gasteiger partial charge in [0.1, 0.15) is 5.82 Å². The van der Waals surface area contributed by atoms with Gasteiger partial charge in [0.05, 0.1) is 18.3 Å². The van der Waals surface area contributed by atoms with Crippen LogP contribution < -0.4 is 5.32 Å². The molecule has 2 aromatic rings. The van der Waals surface area contributed by atoms with Gasteiger partial charge in [-0.15, -0.1) is 0 Å². The van der Waals surface area contributed by atoms with E-state index in [4.69, 9.17) is 0 Å². The van der Waals surface area contributed by atoms with Gasteiger partial charge in [-0.05, 0) is 30.2 Å². The zero-order chi connectivity index (χ0) is 20.4. The standard InChI is InChI=1S/C20H27N5O3S/c1-24(12-15-5-3-2-4-6-15)29(27,28)25-13-16-9-18(19(26)10-17(16)14-25)23-20-11-21-7-8-22-20/h2-8,11,16-19,26H,9-10,12-14H2,1H3,(H,22,23)/t16-,17+,18-,19-/m1/s1. The number of aliphatic hydroxyl groups is 1. The lowest BCUT2D eigenvalue weighted by Gasteiger charge is -2.35. The van der Waals surface area contributed by atoms with E-state index in [-0.39, 0.29) is 17.9 Å². The van der Waals surface area contributed by atoms with Crippen LogP contribution in [-0.4, -0.2) is 64.4 Å². The van der Waals surface area contributed by atoms with Gasteiger partial charge in [-0.25, -0.2) is 4.98 Å². The van der Waals surface area contributed by atoms with E-state index in [0.717, 1.165) is 5.56 Å². The molecule has 1 saturated heterocycles.